The van der Waals surface area contributed by atoms with E-state index in [1.807, 2.05) is 0 Å². The van der Waals surface area contributed by atoms with Gasteiger partial charge in [-0.1, -0.05) is 61.5 Å². The van der Waals surface area contributed by atoms with Crippen LogP contribution in [0.1, 0.15) is 127 Å². The molecule has 4 fully saturated rings. The van der Waals surface area contributed by atoms with E-state index in [1.54, 1.807) is 62.3 Å². The lowest BCUT2D eigenvalue weighted by Gasteiger charge is -2.36. The van der Waals surface area contributed by atoms with Gasteiger partial charge in [0.05, 0.1) is 29.9 Å². The molecule has 498 valence electrons. The second kappa shape index (κ2) is 28.8. The number of hydrogen-bond donors (Lipinski definition) is 5. The lowest BCUT2D eigenvalue weighted by Crippen LogP contribution is -2.61. The molecule has 0 spiro atoms. The van der Waals surface area contributed by atoms with Crippen LogP contribution in [0.5, 0.6) is 0 Å². The van der Waals surface area contributed by atoms with Crippen molar-refractivity contribution >= 4 is 100 Å². The van der Waals surface area contributed by atoms with E-state index < -0.39 is 191 Å². The second-order valence-corrected chi connectivity index (χ2v) is 25.5. The lowest BCUT2D eigenvalue weighted by atomic mass is 9.98. The fourth-order valence-electron chi connectivity index (χ4n) is 12.3. The summed E-state index contributed by atoms with van der Waals surface area (Å²) in [5.41, 5.74) is 3.57. The molecule has 7 rings (SSSR count). The van der Waals surface area contributed by atoms with Crippen LogP contribution in [-0.2, 0) is 57.4 Å². The van der Waals surface area contributed by atoms with Gasteiger partial charge in [-0.05, 0) is 88.7 Å². The number of ether oxygens (including phenoxy) is 2. The summed E-state index contributed by atoms with van der Waals surface area (Å²) in [5.74, 6) is -12.4. The molecule has 0 saturated carbocycles. The number of amides is 10. The number of esters is 2. The Morgan fingerprint density at radius 2 is 1.03 bits per heavy atom. The Hall–Kier alpha value is -8.43. The van der Waals surface area contributed by atoms with Crippen LogP contribution < -0.4 is 32.4 Å². The number of cyclic esters (lactones) is 2. The molecule has 0 bridgehead atoms. The smallest absolute Gasteiger partial charge is 0.329 e. The van der Waals surface area contributed by atoms with E-state index >= 15 is 9.59 Å². The van der Waals surface area contributed by atoms with Gasteiger partial charge in [0, 0.05) is 46.8 Å². The highest BCUT2D eigenvalue weighted by Gasteiger charge is 2.46. The number of aryl methyl sites for hydroxylation is 1. The maximum Gasteiger partial charge on any atom is 0.329 e. The number of nitrogens with two attached hydrogens (primary N) is 1. The van der Waals surface area contributed by atoms with Gasteiger partial charge in [-0.25, -0.2) is 14.6 Å². The molecule has 1 aromatic rings. The molecule has 6 aliphatic rings. The molecule has 0 radical (unpaired) electrons. The number of carbonyl (C=O) groups excluding carboxylic acids is 12. The van der Waals surface area contributed by atoms with Gasteiger partial charge in [0.1, 0.15) is 71.8 Å². The van der Waals surface area contributed by atoms with Crippen LogP contribution >= 0.6 is 12.4 Å². The molecule has 5 heterocycles. The minimum Gasteiger partial charge on any atom is -0.458 e. The van der Waals surface area contributed by atoms with Gasteiger partial charge < -0.3 is 70.3 Å². The standard InChI is InChI=1S/C62H86N12O16.ClH/c1-27(2)42-59(84)73-23-17-19-36(73)57(82)69(13)25-38(75)71(15)48(29(5)6)61(86)88-33(11)44(55(80)65-42)67-53(78)35-22-21-31(9)51-46(35)64-47-40(41(63)50(77)32(10)52(47)90-51)54(79)68-45-34(12)89-62(87)49(30(7)8)72(16)39(76)26-70(14)58(83)37-20-18-24-74(37)60(85)43(28(3)4)66-56(45)81;/h21-22,27-30,33-34,36-37,42-45,48-49H,17-20,23-26,63H2,1-16H3,(H,65,80)(H,66,81)(H,67,78)(H,68,79);1H/t33-,34-,36+,37+,42-,43-,44+,45+,48+,49+;/m1./s1. The molecule has 0 unspecified atom stereocenters. The van der Waals surface area contributed by atoms with Crippen LogP contribution in [0.15, 0.2) is 21.3 Å². The number of nitrogens with zero attached hydrogens (tertiary/aromatic N) is 7. The quantitative estimate of drug-likeness (QED) is 0.120. The zero-order chi connectivity index (χ0) is 67.0. The fraction of sp³-hybridized carbons (Fsp3) is 0.613. The molecule has 1 aliphatic carbocycles. The highest BCUT2D eigenvalue weighted by atomic mass is 35.5. The average Bonchev–Trinajstić information content (AvgIpc) is 1.25. The number of anilines is 1. The normalized spacial score (nSPS) is 25.9. The van der Waals surface area contributed by atoms with Gasteiger partial charge in [-0.2, -0.15) is 0 Å². The Kier molecular flexibility index (Phi) is 22.7. The first kappa shape index (κ1) is 71.6. The molecular weight excluding hydrogens is 1200 g/mol. The van der Waals surface area contributed by atoms with Gasteiger partial charge in [0.15, 0.2) is 11.3 Å². The monoisotopic (exact) mass is 1290 g/mol. The molecule has 5 aliphatic heterocycles. The Morgan fingerprint density at radius 3 is 1.44 bits per heavy atom. The summed E-state index contributed by atoms with van der Waals surface area (Å²) in [6.45, 7) is 18.4. The summed E-state index contributed by atoms with van der Waals surface area (Å²) in [7, 11) is 5.59. The number of aromatic nitrogens is 1. The molecule has 6 N–H and O–H groups in total. The van der Waals surface area contributed by atoms with E-state index in [-0.39, 0.29) is 66.3 Å². The third-order valence-electron chi connectivity index (χ3n) is 17.5. The predicted octanol–water partition coefficient (Wildman–Crippen LogP) is 1.15. The number of rotatable bonds is 8. The molecular formula is C62H87ClN12O16. The zero-order valence-electron chi connectivity index (χ0n) is 54.5. The maximum atomic E-state index is 15.2. The first-order chi connectivity index (χ1) is 42.1. The number of likely N-dealkylation sites (N-methyl/N-ethyl adjacent to an activating group) is 4. The van der Waals surface area contributed by atoms with E-state index in [0.29, 0.717) is 18.4 Å². The molecule has 91 heavy (non-hydrogen) atoms. The summed E-state index contributed by atoms with van der Waals surface area (Å²) in [5, 5.41) is 10.7. The van der Waals surface area contributed by atoms with Crippen molar-refractivity contribution in [3.05, 3.63) is 44.6 Å². The predicted molar refractivity (Wildman–Crippen MR) is 333 cm³/mol. The van der Waals surface area contributed by atoms with Crippen molar-refractivity contribution < 1.29 is 71.4 Å². The van der Waals surface area contributed by atoms with Gasteiger partial charge in [-0.3, -0.25) is 52.7 Å². The minimum absolute atomic E-state index is 0. The molecule has 29 heteroatoms. The molecule has 1 aromatic carbocycles. The highest BCUT2D eigenvalue weighted by Crippen LogP contribution is 2.35. The van der Waals surface area contributed by atoms with Crippen molar-refractivity contribution in [1.29, 1.82) is 0 Å². The Morgan fingerprint density at radius 1 is 0.615 bits per heavy atom. The molecule has 0 aromatic heterocycles. The Labute approximate surface area is 534 Å². The minimum atomic E-state index is -1.88. The maximum absolute atomic E-state index is 15.2. The van der Waals surface area contributed by atoms with Crippen molar-refractivity contribution in [3.63, 3.8) is 0 Å². The summed E-state index contributed by atoms with van der Waals surface area (Å²) >= 11 is 0. The van der Waals surface area contributed by atoms with Crippen LogP contribution in [-0.4, -0.2) is 220 Å². The van der Waals surface area contributed by atoms with E-state index in [4.69, 9.17) is 24.6 Å². The number of nitrogen functional groups attached to an aromatic ring is 1. The van der Waals surface area contributed by atoms with Crippen molar-refractivity contribution in [2.75, 3.05) is 60.1 Å². The number of carbonyl (C=O) groups is 12. The van der Waals surface area contributed by atoms with Crippen LogP contribution in [0.2, 0.25) is 0 Å². The largest absolute Gasteiger partial charge is 0.458 e. The van der Waals surface area contributed by atoms with Gasteiger partial charge in [-0.15, -0.1) is 12.4 Å². The number of benzene rings is 2. The number of hydrogen-bond acceptors (Lipinski definition) is 18. The summed E-state index contributed by atoms with van der Waals surface area (Å²) in [6.07, 6.45) is -1.65. The first-order valence-electron chi connectivity index (χ1n) is 30.5. The third kappa shape index (κ3) is 14.5. The summed E-state index contributed by atoms with van der Waals surface area (Å²) < 4.78 is 18.3. The van der Waals surface area contributed by atoms with E-state index in [2.05, 4.69) is 21.3 Å². The lowest BCUT2D eigenvalue weighted by molar-refractivity contribution is -0.163. The van der Waals surface area contributed by atoms with Gasteiger partial charge >= 0.3 is 11.9 Å². The van der Waals surface area contributed by atoms with Crippen LogP contribution in [0, 0.1) is 37.5 Å². The SMILES string of the molecule is Cc1c2oc3c(C)ccc(C(=O)N[C@@H]4C(=O)N[C@H](C(C)C)C(=O)N5CCC[C@H]5C(=O)N(C)CC(=O)N(C)[C@@H](C(C)C)C(=O)O[C@@H]4C)c3nc-2c(C(=O)N[C@@H]2C(=O)N[C@H](C(C)C)C(=O)N3CCC[C@H]3C(=O)N(C)CC(=O)N(C)[C@@H](C(C)C)C(=O)O[C@@H]2C)c(N)c1=O.Cl. The van der Waals surface area contributed by atoms with E-state index in [9.17, 15) is 52.7 Å². The summed E-state index contributed by atoms with van der Waals surface area (Å²) in [4.78, 5) is 199. The van der Waals surface area contributed by atoms with Crippen molar-refractivity contribution in [2.24, 2.45) is 23.7 Å². The average molecular weight is 1290 g/mol. The van der Waals surface area contributed by atoms with E-state index in [0.717, 1.165) is 9.80 Å². The fourth-order valence-corrected chi connectivity index (χ4v) is 12.3. The summed E-state index contributed by atoms with van der Waals surface area (Å²) in [6, 6.07) is -7.90. The molecule has 4 saturated heterocycles. The highest BCUT2D eigenvalue weighted by molar-refractivity contribution is 6.10. The number of nitrogens with one attached hydrogen (secondary N) is 4. The van der Waals surface area contributed by atoms with Crippen LogP contribution in [0.3, 0.4) is 0 Å². The van der Waals surface area contributed by atoms with Gasteiger partial charge in [0.2, 0.25) is 52.7 Å². The Balaban J connectivity index is 0.0000132. The molecule has 10 atom stereocenters. The third-order valence-corrected chi connectivity index (χ3v) is 17.5. The second-order valence-electron chi connectivity index (χ2n) is 25.5. The zero-order valence-corrected chi connectivity index (χ0v) is 55.4. The molecule has 10 amide bonds. The van der Waals surface area contributed by atoms with E-state index in [1.165, 1.54) is 80.7 Å². The molecule has 28 nitrogen and oxygen atoms in total. The first-order valence-corrected chi connectivity index (χ1v) is 30.5. The number of fused-ring (bicyclic) bond motifs is 4. The van der Waals surface area contributed by atoms with Gasteiger partial charge in [0.25, 0.3) is 11.8 Å². The van der Waals surface area contributed by atoms with Crippen molar-refractivity contribution in [2.45, 2.75) is 169 Å². The topological polar surface area (TPSA) is 360 Å². The van der Waals surface area contributed by atoms with Crippen LogP contribution in [0.4, 0.5) is 5.69 Å². The number of halogens is 1. The van der Waals surface area contributed by atoms with Crippen LogP contribution in [0.25, 0.3) is 22.6 Å². The van der Waals surface area contributed by atoms with Crippen molar-refractivity contribution in [3.8, 4) is 11.5 Å². The van der Waals surface area contributed by atoms with Crippen molar-refractivity contribution in [1.82, 2.24) is 55.7 Å². The Bertz CT molecular complexity index is 3420.